The second kappa shape index (κ2) is 4.24. The second-order valence-corrected chi connectivity index (χ2v) is 2.47. The predicted molar refractivity (Wildman–Crippen MR) is 38.4 cm³/mol. The highest BCUT2D eigenvalue weighted by atomic mass is 16.3. The molecule has 0 bridgehead atoms. The first kappa shape index (κ1) is 9.39. The smallest absolute Gasteiger partial charge is 0.219 e. The lowest BCUT2D eigenvalue weighted by molar-refractivity contribution is -0.119. The molecule has 0 fully saturated rings. The second-order valence-electron chi connectivity index (χ2n) is 2.47. The number of primary amides is 1. The molecule has 0 saturated heterocycles. The van der Waals surface area contributed by atoms with Gasteiger partial charge in [0.15, 0.2) is 0 Å². The molecular weight excluding hydrogens is 132 g/mol. The van der Waals surface area contributed by atoms with E-state index in [1.807, 2.05) is 0 Å². The summed E-state index contributed by atoms with van der Waals surface area (Å²) in [5.74, 6) is -0.382. The summed E-state index contributed by atoms with van der Waals surface area (Å²) in [7, 11) is 3.59. The zero-order chi connectivity index (χ0) is 8.15. The molecule has 0 aliphatic heterocycles. The minimum atomic E-state index is -0.382. The molecule has 0 radical (unpaired) electrons. The highest BCUT2D eigenvalue weighted by Gasteiger charge is 2.11. The zero-order valence-corrected chi connectivity index (χ0v) is 6.37. The van der Waals surface area contributed by atoms with Crippen LogP contribution < -0.4 is 5.73 Å². The van der Waals surface area contributed by atoms with Crippen molar-refractivity contribution in [2.75, 3.05) is 20.7 Å². The number of aliphatic hydroxyl groups is 1. The van der Waals surface area contributed by atoms with Crippen LogP contribution in [-0.2, 0) is 4.79 Å². The molecule has 0 aliphatic carbocycles. The highest BCUT2D eigenvalue weighted by molar-refractivity contribution is 5.74. The molecule has 4 heteroatoms. The molecule has 0 rings (SSSR count). The van der Waals surface area contributed by atoms with Crippen LogP contribution in [0.5, 0.6) is 0 Å². The predicted octanol–water partition coefficient (Wildman–Crippen LogP) is -1.22. The Hall–Kier alpha value is -0.610. The first-order valence-corrected chi connectivity index (χ1v) is 3.13. The fraction of sp³-hybridized carbons (Fsp3) is 0.833. The fourth-order valence-electron chi connectivity index (χ4n) is 0.643. The maximum absolute atomic E-state index is 10.4. The molecule has 0 saturated carbocycles. The Labute approximate surface area is 60.6 Å². The van der Waals surface area contributed by atoms with Gasteiger partial charge in [-0.1, -0.05) is 0 Å². The maximum atomic E-state index is 10.4. The van der Waals surface area contributed by atoms with Gasteiger partial charge in [-0.3, -0.25) is 4.79 Å². The van der Waals surface area contributed by atoms with Crippen LogP contribution in [0.15, 0.2) is 0 Å². The van der Waals surface area contributed by atoms with Crippen molar-refractivity contribution in [3.05, 3.63) is 0 Å². The van der Waals surface area contributed by atoms with Gasteiger partial charge in [-0.15, -0.1) is 0 Å². The van der Waals surface area contributed by atoms with Crippen molar-refractivity contribution in [2.24, 2.45) is 5.73 Å². The summed E-state index contributed by atoms with van der Waals surface area (Å²) in [4.78, 5) is 12.1. The third-order valence-electron chi connectivity index (χ3n) is 1.38. The summed E-state index contributed by atoms with van der Waals surface area (Å²) < 4.78 is 0. The van der Waals surface area contributed by atoms with Crippen LogP contribution in [0, 0.1) is 0 Å². The zero-order valence-electron chi connectivity index (χ0n) is 6.37. The summed E-state index contributed by atoms with van der Waals surface area (Å²) in [5, 5.41) is 8.70. The molecule has 0 aliphatic rings. The lowest BCUT2D eigenvalue weighted by Gasteiger charge is -2.19. The molecule has 60 valence electrons. The van der Waals surface area contributed by atoms with Gasteiger partial charge < -0.3 is 15.7 Å². The molecule has 1 atom stereocenters. The highest BCUT2D eigenvalue weighted by Crippen LogP contribution is 1.96. The summed E-state index contributed by atoms with van der Waals surface area (Å²) in [6, 6.07) is -0.141. The third-order valence-corrected chi connectivity index (χ3v) is 1.38. The third kappa shape index (κ3) is 3.42. The quantitative estimate of drug-likeness (QED) is 0.522. The molecule has 1 unspecified atom stereocenters. The average molecular weight is 146 g/mol. The van der Waals surface area contributed by atoms with Gasteiger partial charge in [-0.05, 0) is 14.1 Å². The van der Waals surface area contributed by atoms with Gasteiger partial charge in [0.1, 0.15) is 0 Å². The number of carbonyl (C=O) groups is 1. The molecular formula is C6H14N2O2. The van der Waals surface area contributed by atoms with Gasteiger partial charge in [-0.25, -0.2) is 0 Å². The maximum Gasteiger partial charge on any atom is 0.219 e. The minimum absolute atomic E-state index is 0.0318. The molecule has 3 N–H and O–H groups in total. The summed E-state index contributed by atoms with van der Waals surface area (Å²) in [5.41, 5.74) is 4.93. The van der Waals surface area contributed by atoms with Gasteiger partial charge in [0.05, 0.1) is 6.61 Å². The Bertz CT molecular complexity index is 114. The van der Waals surface area contributed by atoms with Crippen LogP contribution in [0.25, 0.3) is 0 Å². The van der Waals surface area contributed by atoms with Crippen molar-refractivity contribution in [2.45, 2.75) is 12.5 Å². The number of nitrogens with two attached hydrogens (primary N) is 1. The lowest BCUT2D eigenvalue weighted by Crippen LogP contribution is -2.35. The van der Waals surface area contributed by atoms with E-state index in [1.54, 1.807) is 19.0 Å². The van der Waals surface area contributed by atoms with Crippen LogP contribution in [-0.4, -0.2) is 42.7 Å². The summed E-state index contributed by atoms with van der Waals surface area (Å²) in [6.07, 6.45) is 0.212. The number of nitrogens with zero attached hydrogens (tertiary/aromatic N) is 1. The molecule has 1 amide bonds. The first-order chi connectivity index (χ1) is 4.57. The van der Waals surface area contributed by atoms with Crippen molar-refractivity contribution in [3.63, 3.8) is 0 Å². The normalized spacial score (nSPS) is 13.6. The van der Waals surface area contributed by atoms with Crippen LogP contribution in [0.1, 0.15) is 6.42 Å². The van der Waals surface area contributed by atoms with Crippen LogP contribution in [0.4, 0.5) is 0 Å². The number of carbonyl (C=O) groups excluding carboxylic acids is 1. The minimum Gasteiger partial charge on any atom is -0.395 e. The van der Waals surface area contributed by atoms with Gasteiger partial charge in [-0.2, -0.15) is 0 Å². The Kier molecular flexibility index (Phi) is 3.99. The van der Waals surface area contributed by atoms with E-state index in [0.717, 1.165) is 0 Å². The molecule has 0 heterocycles. The van der Waals surface area contributed by atoms with Crippen molar-refractivity contribution in [1.29, 1.82) is 0 Å². The van der Waals surface area contributed by atoms with E-state index in [9.17, 15) is 4.79 Å². The summed E-state index contributed by atoms with van der Waals surface area (Å²) in [6.45, 7) is -0.0318. The Morgan fingerprint density at radius 1 is 1.70 bits per heavy atom. The molecule has 0 aromatic heterocycles. The van der Waals surface area contributed by atoms with Crippen molar-refractivity contribution in [3.8, 4) is 0 Å². The van der Waals surface area contributed by atoms with E-state index >= 15 is 0 Å². The lowest BCUT2D eigenvalue weighted by atomic mass is 10.2. The fourth-order valence-corrected chi connectivity index (χ4v) is 0.643. The summed E-state index contributed by atoms with van der Waals surface area (Å²) >= 11 is 0. The monoisotopic (exact) mass is 146 g/mol. The van der Waals surface area contributed by atoms with E-state index in [1.165, 1.54) is 0 Å². The topological polar surface area (TPSA) is 66.6 Å². The standard InChI is InChI=1S/C6H14N2O2/c1-8(2)5(4-9)3-6(7)10/h5,9H,3-4H2,1-2H3,(H2,7,10). The molecule has 0 aromatic carbocycles. The Morgan fingerprint density at radius 2 is 2.20 bits per heavy atom. The first-order valence-electron chi connectivity index (χ1n) is 3.13. The van der Waals surface area contributed by atoms with Crippen molar-refractivity contribution < 1.29 is 9.90 Å². The average Bonchev–Trinajstić information content (AvgIpc) is 1.81. The number of hydrogen-bond acceptors (Lipinski definition) is 3. The van der Waals surface area contributed by atoms with Gasteiger partial charge in [0.2, 0.25) is 5.91 Å². The molecule has 4 nitrogen and oxygen atoms in total. The van der Waals surface area contributed by atoms with Gasteiger partial charge in [0.25, 0.3) is 0 Å². The number of amides is 1. The van der Waals surface area contributed by atoms with E-state index in [-0.39, 0.29) is 25.0 Å². The number of hydrogen-bond donors (Lipinski definition) is 2. The number of rotatable bonds is 4. The van der Waals surface area contributed by atoms with Crippen molar-refractivity contribution in [1.82, 2.24) is 4.90 Å². The van der Waals surface area contributed by atoms with Gasteiger partial charge >= 0.3 is 0 Å². The Balaban J connectivity index is 3.71. The largest absolute Gasteiger partial charge is 0.395 e. The SMILES string of the molecule is CN(C)C(CO)CC(N)=O. The van der Waals surface area contributed by atoms with E-state index in [4.69, 9.17) is 10.8 Å². The van der Waals surface area contributed by atoms with Crippen LogP contribution >= 0.6 is 0 Å². The van der Waals surface area contributed by atoms with E-state index < -0.39 is 0 Å². The van der Waals surface area contributed by atoms with Crippen LogP contribution in [0.3, 0.4) is 0 Å². The van der Waals surface area contributed by atoms with Crippen molar-refractivity contribution >= 4 is 5.91 Å². The van der Waals surface area contributed by atoms with E-state index in [0.29, 0.717) is 0 Å². The van der Waals surface area contributed by atoms with Crippen LogP contribution in [0.2, 0.25) is 0 Å². The Morgan fingerprint density at radius 3 is 2.30 bits per heavy atom. The van der Waals surface area contributed by atoms with E-state index in [2.05, 4.69) is 0 Å². The number of aliphatic hydroxyl groups excluding tert-OH is 1. The molecule has 10 heavy (non-hydrogen) atoms. The van der Waals surface area contributed by atoms with Gasteiger partial charge in [0, 0.05) is 12.5 Å². The molecule has 0 aromatic rings. The molecule has 0 spiro atoms. The number of likely N-dealkylation sites (N-methyl/N-ethyl adjacent to an activating group) is 1.